The highest BCUT2D eigenvalue weighted by Crippen LogP contribution is 2.16. The number of carbonyl (C=O) groups is 5. The lowest BCUT2D eigenvalue weighted by molar-refractivity contribution is -0.159. The lowest BCUT2D eigenvalue weighted by Crippen LogP contribution is -2.44. The second-order valence-corrected chi connectivity index (χ2v) is 15.6. The maximum Gasteiger partial charge on any atom is 0.329 e. The molecule has 0 aliphatic carbocycles. The highest BCUT2D eigenvalue weighted by molar-refractivity contribution is 5.85. The number of unbranched alkanes of at least 4 members (excludes halogenated alkanes) is 15. The quantitative estimate of drug-likeness (QED) is 0.0497. The number of rotatable bonds is 33. The van der Waals surface area contributed by atoms with Gasteiger partial charge in [0.05, 0.1) is 13.2 Å². The molecule has 1 amide bonds. The molecule has 1 atom stereocenters. The average molecular weight is 728 g/mol. The fraction of sp³-hybridized carbons (Fsp3) is 0.875. The number of ketones is 1. The number of carboxylic acids is 1. The largest absolute Gasteiger partial charge is 0.480 e. The third kappa shape index (κ3) is 35.6. The predicted octanol–water partition coefficient (Wildman–Crippen LogP) is 8.42. The lowest BCUT2D eigenvalue weighted by atomic mass is 10.0. The molecule has 0 aliphatic rings. The highest BCUT2D eigenvalue weighted by atomic mass is 16.6. The molecule has 0 aromatic carbocycles. The average Bonchev–Trinajstić information content (AvgIpc) is 3.01. The number of hydrogen-bond donors (Lipinski definition) is 2. The summed E-state index contributed by atoms with van der Waals surface area (Å²) in [5.41, 5.74) is -1.10. The van der Waals surface area contributed by atoms with Crippen LogP contribution in [0.5, 0.6) is 0 Å². The van der Waals surface area contributed by atoms with E-state index in [1.807, 2.05) is 20.8 Å². The first-order valence-electron chi connectivity index (χ1n) is 19.7. The Morgan fingerprint density at radius 1 is 0.529 bits per heavy atom. The zero-order chi connectivity index (χ0) is 38.4. The first-order valence-corrected chi connectivity index (χ1v) is 19.7. The maximum atomic E-state index is 12.8. The summed E-state index contributed by atoms with van der Waals surface area (Å²) < 4.78 is 21.1. The summed E-state index contributed by atoms with van der Waals surface area (Å²) in [6.07, 6.45) is 20.7. The van der Waals surface area contributed by atoms with E-state index in [9.17, 15) is 24.0 Å². The zero-order valence-corrected chi connectivity index (χ0v) is 33.1. The van der Waals surface area contributed by atoms with Crippen LogP contribution in [0.1, 0.15) is 183 Å². The van der Waals surface area contributed by atoms with Gasteiger partial charge in [0, 0.05) is 32.3 Å². The van der Waals surface area contributed by atoms with Gasteiger partial charge in [-0.3, -0.25) is 14.4 Å². The van der Waals surface area contributed by atoms with Crippen molar-refractivity contribution in [3.63, 3.8) is 0 Å². The molecule has 11 heteroatoms. The van der Waals surface area contributed by atoms with Crippen LogP contribution < -0.4 is 5.32 Å². The Labute approximate surface area is 309 Å². The van der Waals surface area contributed by atoms with Crippen LogP contribution in [0.15, 0.2) is 0 Å². The summed E-state index contributed by atoms with van der Waals surface area (Å²) in [6.45, 7) is 11.4. The normalized spacial score (nSPS) is 12.4. The molecule has 0 aliphatic heterocycles. The van der Waals surface area contributed by atoms with Crippen molar-refractivity contribution < 1.29 is 48.0 Å². The van der Waals surface area contributed by atoms with Crippen molar-refractivity contribution in [3.8, 4) is 0 Å². The molecule has 0 saturated heterocycles. The molecule has 0 heterocycles. The zero-order valence-electron chi connectivity index (χ0n) is 33.1. The highest BCUT2D eigenvalue weighted by Gasteiger charge is 2.27. The molecule has 0 spiro atoms. The summed E-state index contributed by atoms with van der Waals surface area (Å²) in [5, 5.41) is 11.3. The van der Waals surface area contributed by atoms with E-state index in [0.29, 0.717) is 25.9 Å². The molecule has 0 radical (unpaired) electrons. The molecule has 0 unspecified atom stereocenters. The Bertz CT molecular complexity index is 954. The van der Waals surface area contributed by atoms with Crippen molar-refractivity contribution in [2.24, 2.45) is 0 Å². The van der Waals surface area contributed by atoms with Gasteiger partial charge in [-0.05, 0) is 67.2 Å². The molecule has 0 fully saturated rings. The fourth-order valence-corrected chi connectivity index (χ4v) is 5.49. The minimum atomic E-state index is -1.04. The number of esters is 2. The van der Waals surface area contributed by atoms with Gasteiger partial charge in [-0.25, -0.2) is 9.59 Å². The minimum Gasteiger partial charge on any atom is -0.480 e. The summed E-state index contributed by atoms with van der Waals surface area (Å²) in [4.78, 5) is 60.0. The number of carboxylic acid groups (broad SMARTS) is 1. The van der Waals surface area contributed by atoms with Gasteiger partial charge in [0.25, 0.3) is 0 Å². The molecule has 298 valence electrons. The van der Waals surface area contributed by atoms with Crippen LogP contribution >= 0.6 is 0 Å². The number of nitrogens with one attached hydrogen (secondary N) is 1. The molecule has 0 rings (SSSR count). The van der Waals surface area contributed by atoms with E-state index in [-0.39, 0.29) is 56.7 Å². The second kappa shape index (κ2) is 30.0. The number of Topliss-reactive ketones (excluding diaryl/α,β-unsaturated/α-hetero) is 1. The Balaban J connectivity index is 3.94. The van der Waals surface area contributed by atoms with Gasteiger partial charge in [-0.15, -0.1) is 0 Å². The predicted molar refractivity (Wildman–Crippen MR) is 199 cm³/mol. The van der Waals surface area contributed by atoms with Crippen LogP contribution in [0.2, 0.25) is 0 Å². The monoisotopic (exact) mass is 728 g/mol. The Hall–Kier alpha value is -2.53. The van der Waals surface area contributed by atoms with Crippen molar-refractivity contribution in [2.45, 2.75) is 200 Å². The number of amides is 1. The van der Waals surface area contributed by atoms with Gasteiger partial charge in [0.2, 0.25) is 5.91 Å². The van der Waals surface area contributed by atoms with E-state index in [1.165, 1.54) is 70.6 Å². The van der Waals surface area contributed by atoms with E-state index in [2.05, 4.69) is 5.32 Å². The molecule has 0 aromatic heterocycles. The minimum absolute atomic E-state index is 0.0277. The summed E-state index contributed by atoms with van der Waals surface area (Å²) in [6, 6.07) is -0.870. The van der Waals surface area contributed by atoms with E-state index >= 15 is 0 Å². The number of hydrogen-bond acceptors (Lipinski definition) is 9. The van der Waals surface area contributed by atoms with Crippen LogP contribution in [0.3, 0.4) is 0 Å². The maximum absolute atomic E-state index is 12.8. The molecule has 0 saturated carbocycles. The molecule has 11 nitrogen and oxygen atoms in total. The van der Waals surface area contributed by atoms with Crippen molar-refractivity contribution >= 4 is 29.6 Å². The molecule has 51 heavy (non-hydrogen) atoms. The van der Waals surface area contributed by atoms with Gasteiger partial charge in [-0.1, -0.05) is 89.9 Å². The van der Waals surface area contributed by atoms with Crippen LogP contribution in [0, 0.1) is 0 Å². The molecule has 0 bridgehead atoms. The van der Waals surface area contributed by atoms with Crippen molar-refractivity contribution in [3.05, 3.63) is 0 Å². The first-order chi connectivity index (χ1) is 24.1. The molecule has 0 aromatic rings. The van der Waals surface area contributed by atoms with Gasteiger partial charge >= 0.3 is 17.9 Å². The SMILES string of the molecule is CC(C)(C)OC(=O)CCCCCCCCCCCCCCCCCCC(=O)N[C@@H](CCC(=O)CCCOCCOCC(=O)O)C(=O)OC(C)(C)C. The first kappa shape index (κ1) is 48.5. The summed E-state index contributed by atoms with van der Waals surface area (Å²) in [5.74, 6) is -1.88. The summed E-state index contributed by atoms with van der Waals surface area (Å²) >= 11 is 0. The van der Waals surface area contributed by atoms with Gasteiger partial charge < -0.3 is 29.4 Å². The lowest BCUT2D eigenvalue weighted by Gasteiger charge is -2.24. The topological polar surface area (TPSA) is 155 Å². The molecular formula is C40H73NO10. The van der Waals surface area contributed by atoms with E-state index < -0.39 is 29.2 Å². The standard InChI is InChI=1S/C40H73NO10/c1-39(2,3)50-37(46)26-22-20-18-16-14-12-10-8-7-9-11-13-15-17-19-21-25-35(43)41-34(38(47)51-40(4,5)6)28-27-33(42)24-23-29-48-30-31-49-32-36(44)45/h34H,7-32H2,1-6H3,(H,41,43)(H,44,45)/t34-/m0/s1. The van der Waals surface area contributed by atoms with Crippen LogP contribution in [0.25, 0.3) is 0 Å². The second-order valence-electron chi connectivity index (χ2n) is 15.6. The fourth-order valence-electron chi connectivity index (χ4n) is 5.49. The summed E-state index contributed by atoms with van der Waals surface area (Å²) in [7, 11) is 0. The van der Waals surface area contributed by atoms with Crippen molar-refractivity contribution in [1.29, 1.82) is 0 Å². The van der Waals surface area contributed by atoms with Gasteiger partial charge in [-0.2, -0.15) is 0 Å². The third-order valence-electron chi connectivity index (χ3n) is 8.03. The Kier molecular flexibility index (Phi) is 28.5. The number of ether oxygens (including phenoxy) is 4. The van der Waals surface area contributed by atoms with Gasteiger partial charge in [0.15, 0.2) is 0 Å². The van der Waals surface area contributed by atoms with Gasteiger partial charge in [0.1, 0.15) is 29.6 Å². The molecule has 2 N–H and O–H groups in total. The van der Waals surface area contributed by atoms with E-state index in [1.54, 1.807) is 20.8 Å². The third-order valence-corrected chi connectivity index (χ3v) is 8.03. The number of carbonyl (C=O) groups excluding carboxylic acids is 4. The Morgan fingerprint density at radius 2 is 0.980 bits per heavy atom. The van der Waals surface area contributed by atoms with E-state index in [0.717, 1.165) is 32.1 Å². The molecular weight excluding hydrogens is 654 g/mol. The Morgan fingerprint density at radius 3 is 1.45 bits per heavy atom. The van der Waals surface area contributed by atoms with Crippen LogP contribution in [0.4, 0.5) is 0 Å². The van der Waals surface area contributed by atoms with Crippen molar-refractivity contribution in [2.75, 3.05) is 26.4 Å². The van der Waals surface area contributed by atoms with Crippen molar-refractivity contribution in [1.82, 2.24) is 5.32 Å². The van der Waals surface area contributed by atoms with Crippen LogP contribution in [-0.2, 0) is 42.9 Å². The smallest absolute Gasteiger partial charge is 0.329 e. The van der Waals surface area contributed by atoms with E-state index in [4.69, 9.17) is 24.1 Å². The number of aliphatic carboxylic acids is 1. The van der Waals surface area contributed by atoms with Crippen LogP contribution in [-0.4, -0.2) is 78.4 Å².